The molecular weight excluding hydrogens is 509 g/mol. The lowest BCUT2D eigenvalue weighted by Gasteiger charge is -2.53. The van der Waals surface area contributed by atoms with E-state index in [2.05, 4.69) is 59.0 Å². The number of halogens is 1. The third kappa shape index (κ3) is 6.28. The molecule has 2 rings (SSSR count). The Morgan fingerprint density at radius 3 is 2.11 bits per heavy atom. The van der Waals surface area contributed by atoms with E-state index in [1.165, 1.54) is 11.9 Å². The van der Waals surface area contributed by atoms with Crippen LogP contribution < -0.4 is 15.7 Å². The second-order valence-corrected chi connectivity index (χ2v) is 10.4. The van der Waals surface area contributed by atoms with Crippen molar-refractivity contribution in [3.8, 4) is 0 Å². The minimum absolute atomic E-state index is 0.0374. The molecule has 0 amide bonds. The number of nitrogens with zero attached hydrogens (tertiary/aromatic N) is 4. The van der Waals surface area contributed by atoms with E-state index in [4.69, 9.17) is 0 Å². The van der Waals surface area contributed by atoms with Crippen LogP contribution in [0.5, 0.6) is 0 Å². The second kappa shape index (κ2) is 10.2. The van der Waals surface area contributed by atoms with E-state index in [1.54, 1.807) is 0 Å². The highest BCUT2D eigenvalue weighted by Gasteiger charge is 2.42. The van der Waals surface area contributed by atoms with Gasteiger partial charge in [0.2, 0.25) is 0 Å². The molecule has 0 aromatic rings. The highest BCUT2D eigenvalue weighted by Crippen LogP contribution is 2.32. The molecule has 1 heterocycles. The molecule has 1 saturated carbocycles. The largest absolute Gasteiger partial charge is 0.762 e. The van der Waals surface area contributed by atoms with Gasteiger partial charge in [0.05, 0.1) is 0 Å². The van der Waals surface area contributed by atoms with Crippen LogP contribution in [-0.4, -0.2) is 76.4 Å². The summed E-state index contributed by atoms with van der Waals surface area (Å²) in [6.07, 6.45) is -0.367. The summed E-state index contributed by atoms with van der Waals surface area (Å²) in [7, 11) is 0. The Labute approximate surface area is 181 Å². The molecule has 166 valence electrons. The van der Waals surface area contributed by atoms with E-state index < -0.39 is 29.7 Å². The van der Waals surface area contributed by atoms with Crippen molar-refractivity contribution in [1.29, 1.82) is 0 Å². The summed E-state index contributed by atoms with van der Waals surface area (Å²) < 4.78 is 0.260. The average molecular weight is 536 g/mol. The van der Waals surface area contributed by atoms with Crippen LogP contribution in [0.15, 0.2) is 0 Å². The molecule has 0 aromatic carbocycles. The van der Waals surface area contributed by atoms with E-state index in [9.17, 15) is 31.2 Å². The number of hydrogen-bond acceptors (Lipinski definition) is 14. The van der Waals surface area contributed by atoms with Crippen LogP contribution in [0.2, 0.25) is 0 Å². The maximum absolute atomic E-state index is 11.7. The smallest absolute Gasteiger partial charge is 0.138 e. The van der Waals surface area contributed by atoms with Gasteiger partial charge in [-0.05, 0) is 30.2 Å². The fourth-order valence-corrected chi connectivity index (χ4v) is 4.40. The summed E-state index contributed by atoms with van der Waals surface area (Å²) in [6, 6.07) is -4.53. The Morgan fingerprint density at radius 2 is 1.68 bits per heavy atom. The van der Waals surface area contributed by atoms with Crippen molar-refractivity contribution >= 4 is 34.5 Å². The minimum atomic E-state index is -1.22. The van der Waals surface area contributed by atoms with Crippen LogP contribution in [0.3, 0.4) is 0 Å². The molecule has 15 heteroatoms. The molecule has 0 bridgehead atoms. The first kappa shape index (κ1) is 24.8. The Morgan fingerprint density at radius 1 is 1.14 bits per heavy atom. The van der Waals surface area contributed by atoms with Crippen molar-refractivity contribution in [2.24, 2.45) is 5.41 Å². The molecule has 2 fully saturated rings. The van der Waals surface area contributed by atoms with Crippen LogP contribution in [0.1, 0.15) is 33.6 Å². The molecule has 6 N–H and O–H groups in total. The van der Waals surface area contributed by atoms with E-state index in [1.807, 2.05) is 5.01 Å². The fourth-order valence-electron chi connectivity index (χ4n) is 3.20. The number of hydrazine groups is 2. The Kier molecular flexibility index (Phi) is 9.08. The molecule has 0 aromatic heterocycles. The summed E-state index contributed by atoms with van der Waals surface area (Å²) in [6.45, 7) is 6.96. The standard InChI is InChI=1S/C13H27IN7O6S/c1-13(2,3)10(14)6-18-12(28-17-16-18)15-11-8(20(24)25)4-7(19(22)23)5-9(11)21(26)27/h7-12,15-17,22,24,26H,4-6H2,1-3H3/q-3/t7?,8?,9?,10-,11?,12?/m1/s1. The quantitative estimate of drug-likeness (QED) is 0.115. The fraction of sp³-hybridized carbons (Fsp3) is 1.00. The lowest BCUT2D eigenvalue weighted by atomic mass is 9.83. The summed E-state index contributed by atoms with van der Waals surface area (Å²) in [4.78, 5) is 2.90. The normalized spacial score (nSPS) is 34.0. The van der Waals surface area contributed by atoms with Gasteiger partial charge in [-0.15, -0.1) is 0 Å². The molecule has 2 aliphatic rings. The highest BCUT2D eigenvalue weighted by molar-refractivity contribution is 14.1. The van der Waals surface area contributed by atoms with E-state index in [0.717, 1.165) is 0 Å². The molecule has 0 spiro atoms. The Balaban J connectivity index is 2.15. The van der Waals surface area contributed by atoms with Crippen LogP contribution in [0.4, 0.5) is 0 Å². The third-order valence-electron chi connectivity index (χ3n) is 5.01. The first-order valence-electron chi connectivity index (χ1n) is 8.70. The summed E-state index contributed by atoms with van der Waals surface area (Å²) >= 11 is 3.60. The van der Waals surface area contributed by atoms with E-state index in [0.29, 0.717) is 6.54 Å². The van der Waals surface area contributed by atoms with Crippen molar-refractivity contribution in [2.45, 2.75) is 67.2 Å². The third-order valence-corrected chi connectivity index (χ3v) is 8.10. The lowest BCUT2D eigenvalue weighted by molar-refractivity contribution is -0.178. The Hall–Kier alpha value is 0.560. The molecule has 1 aliphatic carbocycles. The Bertz CT molecular complexity index is 484. The van der Waals surface area contributed by atoms with Gasteiger partial charge in [0.1, 0.15) is 5.50 Å². The van der Waals surface area contributed by atoms with Crippen molar-refractivity contribution in [2.75, 3.05) is 6.54 Å². The molecule has 13 nitrogen and oxygen atoms in total. The van der Waals surface area contributed by atoms with Gasteiger partial charge in [-0.2, -0.15) is 10.4 Å². The van der Waals surface area contributed by atoms with E-state index in [-0.39, 0.29) is 37.9 Å². The zero-order valence-electron chi connectivity index (χ0n) is 15.7. The maximum atomic E-state index is 11.7. The average Bonchev–Trinajstić information content (AvgIpc) is 3.00. The predicted molar refractivity (Wildman–Crippen MR) is 110 cm³/mol. The van der Waals surface area contributed by atoms with Crippen molar-refractivity contribution < 1.29 is 15.6 Å². The molecule has 1 saturated heterocycles. The second-order valence-electron chi connectivity index (χ2n) is 8.03. The van der Waals surface area contributed by atoms with Gasteiger partial charge in [0, 0.05) is 34.6 Å². The zero-order chi connectivity index (χ0) is 21.2. The monoisotopic (exact) mass is 536 g/mol. The van der Waals surface area contributed by atoms with Crippen LogP contribution in [0, 0.1) is 21.0 Å². The van der Waals surface area contributed by atoms with E-state index >= 15 is 0 Å². The first-order valence-corrected chi connectivity index (χ1v) is 10.8. The van der Waals surface area contributed by atoms with Gasteiger partial charge < -0.3 is 31.2 Å². The zero-order valence-corrected chi connectivity index (χ0v) is 18.7. The topological polar surface area (TPSA) is 179 Å². The van der Waals surface area contributed by atoms with Gasteiger partial charge in [0.15, 0.2) is 0 Å². The molecule has 3 unspecified atom stereocenters. The molecule has 28 heavy (non-hydrogen) atoms. The SMILES string of the molecule is CC(C)(C)[C@H](I)CN1NNSC1NC1C(N([O-])O)CC(N([O-])O)CC1N([O-])O. The number of rotatable bonds is 7. The van der Waals surface area contributed by atoms with Crippen LogP contribution in [0.25, 0.3) is 0 Å². The number of hydroxylamine groups is 6. The van der Waals surface area contributed by atoms with Crippen molar-refractivity contribution in [3.05, 3.63) is 15.6 Å². The van der Waals surface area contributed by atoms with Crippen molar-refractivity contribution in [1.82, 2.24) is 36.4 Å². The number of alkyl halides is 1. The van der Waals surface area contributed by atoms with Crippen molar-refractivity contribution in [3.63, 3.8) is 0 Å². The molecular formula is C13H27IN7O6S-3. The molecule has 1 aliphatic heterocycles. The summed E-state index contributed by atoms with van der Waals surface area (Å²) in [5, 5.41) is 66.8. The predicted octanol–water partition coefficient (Wildman–Crippen LogP) is 0.518. The summed E-state index contributed by atoms with van der Waals surface area (Å²) in [5.41, 5.74) is 2.60. The van der Waals surface area contributed by atoms with Gasteiger partial charge in [-0.25, -0.2) is 5.01 Å². The van der Waals surface area contributed by atoms with Gasteiger partial charge in [-0.1, -0.05) is 43.4 Å². The summed E-state index contributed by atoms with van der Waals surface area (Å²) in [5.74, 6) is 0. The van der Waals surface area contributed by atoms with Crippen LogP contribution >= 0.6 is 34.5 Å². The first-order chi connectivity index (χ1) is 12.9. The van der Waals surface area contributed by atoms with Gasteiger partial charge in [0.25, 0.3) is 0 Å². The van der Waals surface area contributed by atoms with Gasteiger partial charge in [-0.3, -0.25) is 21.0 Å². The maximum Gasteiger partial charge on any atom is 0.138 e. The van der Waals surface area contributed by atoms with Gasteiger partial charge >= 0.3 is 0 Å². The highest BCUT2D eigenvalue weighted by atomic mass is 127. The van der Waals surface area contributed by atoms with Crippen LogP contribution in [-0.2, 0) is 0 Å². The number of hydrogen-bond donors (Lipinski definition) is 6. The number of nitrogens with one attached hydrogen (secondary N) is 3. The lowest BCUT2D eigenvalue weighted by Crippen LogP contribution is -2.66. The molecule has 4 atom stereocenters. The molecule has 0 radical (unpaired) electrons. The minimum Gasteiger partial charge on any atom is -0.762 e.